The second-order valence-electron chi connectivity index (χ2n) is 6.05. The van der Waals surface area contributed by atoms with E-state index < -0.39 is 15.7 Å². The summed E-state index contributed by atoms with van der Waals surface area (Å²) in [5.41, 5.74) is 0.733. The maximum absolute atomic E-state index is 13.6. The lowest BCUT2D eigenvalue weighted by molar-refractivity contribution is 0.0943. The number of halogens is 1. The zero-order chi connectivity index (χ0) is 18.4. The number of hydrogen-bond acceptors (Lipinski definition) is 5. The highest BCUT2D eigenvalue weighted by Gasteiger charge is 2.35. The Morgan fingerprint density at radius 3 is 2.64 bits per heavy atom. The van der Waals surface area contributed by atoms with Crippen molar-refractivity contribution >= 4 is 15.6 Å². The first-order valence-electron chi connectivity index (χ1n) is 7.49. The maximum Gasteiger partial charge on any atom is 0.176 e. The van der Waals surface area contributed by atoms with E-state index >= 15 is 0 Å². The number of ether oxygens (including phenoxy) is 1. The van der Waals surface area contributed by atoms with E-state index in [9.17, 15) is 17.6 Å². The SMILES string of the molecule is CC1Cc2c(Oc3cc(F)cc(C#N)c3)ccc(S(C)(=O)=O)c2C1=O. The summed E-state index contributed by atoms with van der Waals surface area (Å²) in [5.74, 6) is -0.837. The smallest absolute Gasteiger partial charge is 0.176 e. The van der Waals surface area contributed by atoms with E-state index in [1.165, 1.54) is 18.2 Å². The molecule has 0 saturated carbocycles. The van der Waals surface area contributed by atoms with E-state index in [0.29, 0.717) is 12.0 Å². The van der Waals surface area contributed by atoms with Crippen molar-refractivity contribution in [1.29, 1.82) is 5.26 Å². The number of ketones is 1. The number of nitrogens with zero attached hydrogens (tertiary/aromatic N) is 1. The van der Waals surface area contributed by atoms with Gasteiger partial charge in [-0.15, -0.1) is 0 Å². The molecule has 0 saturated heterocycles. The number of fused-ring (bicyclic) bond motifs is 1. The highest BCUT2D eigenvalue weighted by atomic mass is 32.2. The molecular weight excluding hydrogens is 345 g/mol. The lowest BCUT2D eigenvalue weighted by atomic mass is 10.1. The van der Waals surface area contributed by atoms with Crippen molar-refractivity contribution in [2.45, 2.75) is 18.2 Å². The van der Waals surface area contributed by atoms with Gasteiger partial charge in [-0.3, -0.25) is 4.79 Å². The summed E-state index contributed by atoms with van der Waals surface area (Å²) >= 11 is 0. The van der Waals surface area contributed by atoms with Gasteiger partial charge in [0.1, 0.15) is 17.3 Å². The molecule has 0 N–H and O–H groups in total. The maximum atomic E-state index is 13.6. The van der Waals surface area contributed by atoms with Crippen LogP contribution in [0, 0.1) is 23.1 Å². The van der Waals surface area contributed by atoms with Crippen LogP contribution in [0.15, 0.2) is 35.2 Å². The van der Waals surface area contributed by atoms with Crippen LogP contribution < -0.4 is 4.74 Å². The minimum Gasteiger partial charge on any atom is -0.457 e. The number of nitriles is 1. The van der Waals surface area contributed by atoms with Crippen molar-refractivity contribution < 1.29 is 22.3 Å². The Morgan fingerprint density at radius 2 is 2.00 bits per heavy atom. The molecular formula is C18H14FNO4S. The Kier molecular flexibility index (Phi) is 4.09. The van der Waals surface area contributed by atoms with Gasteiger partial charge in [0.05, 0.1) is 16.5 Å². The minimum atomic E-state index is -3.57. The number of Topliss-reactive ketones (excluding diaryl/α,β-unsaturated/α-hetero) is 1. The molecule has 1 unspecified atom stereocenters. The van der Waals surface area contributed by atoms with Gasteiger partial charge in [-0.25, -0.2) is 12.8 Å². The third-order valence-electron chi connectivity index (χ3n) is 4.06. The third kappa shape index (κ3) is 3.13. The molecule has 0 spiro atoms. The molecule has 0 fully saturated rings. The van der Waals surface area contributed by atoms with Crippen LogP contribution in [-0.4, -0.2) is 20.5 Å². The molecule has 128 valence electrons. The van der Waals surface area contributed by atoms with Gasteiger partial charge in [0.2, 0.25) is 0 Å². The first-order chi connectivity index (χ1) is 11.7. The van der Waals surface area contributed by atoms with Gasteiger partial charge in [0, 0.05) is 29.4 Å². The second kappa shape index (κ2) is 5.97. The largest absolute Gasteiger partial charge is 0.457 e. The summed E-state index contributed by atoms with van der Waals surface area (Å²) in [6, 6.07) is 8.19. The number of carbonyl (C=O) groups excluding carboxylic acids is 1. The standard InChI is InChI=1S/C18H14FNO4S/c1-10-5-14-15(24-13-7-11(9-20)6-12(19)8-13)3-4-16(25(2,22)23)17(14)18(10)21/h3-4,6-8,10H,5H2,1-2H3. The monoisotopic (exact) mass is 359 g/mol. The number of hydrogen-bond donors (Lipinski definition) is 0. The summed E-state index contributed by atoms with van der Waals surface area (Å²) in [7, 11) is -3.57. The molecule has 0 bridgehead atoms. The van der Waals surface area contributed by atoms with Crippen molar-refractivity contribution in [3.05, 3.63) is 52.8 Å². The van der Waals surface area contributed by atoms with Gasteiger partial charge >= 0.3 is 0 Å². The molecule has 5 nitrogen and oxygen atoms in total. The Bertz CT molecular complexity index is 1040. The number of sulfone groups is 1. The van der Waals surface area contributed by atoms with Crippen molar-refractivity contribution in [3.8, 4) is 17.6 Å². The third-order valence-corrected chi connectivity index (χ3v) is 5.20. The van der Waals surface area contributed by atoms with E-state index in [1.54, 1.807) is 6.92 Å². The zero-order valence-electron chi connectivity index (χ0n) is 13.5. The molecule has 2 aromatic carbocycles. The topological polar surface area (TPSA) is 84.2 Å². The lowest BCUT2D eigenvalue weighted by Crippen LogP contribution is -2.09. The Balaban J connectivity index is 2.13. The van der Waals surface area contributed by atoms with Crippen molar-refractivity contribution in [2.75, 3.05) is 6.26 Å². The van der Waals surface area contributed by atoms with E-state index in [-0.39, 0.29) is 39.2 Å². The fraction of sp³-hybridized carbons (Fsp3) is 0.222. The molecule has 1 aliphatic carbocycles. The predicted molar refractivity (Wildman–Crippen MR) is 87.9 cm³/mol. The summed E-state index contributed by atoms with van der Waals surface area (Å²) in [6.45, 7) is 1.72. The molecule has 25 heavy (non-hydrogen) atoms. The molecule has 1 atom stereocenters. The average molecular weight is 359 g/mol. The van der Waals surface area contributed by atoms with Gasteiger partial charge in [0.25, 0.3) is 0 Å². The van der Waals surface area contributed by atoms with Gasteiger partial charge < -0.3 is 4.74 Å². The average Bonchev–Trinajstić information content (AvgIpc) is 2.82. The molecule has 7 heteroatoms. The first-order valence-corrected chi connectivity index (χ1v) is 9.38. The van der Waals surface area contributed by atoms with E-state index in [4.69, 9.17) is 10.00 Å². The second-order valence-corrected chi connectivity index (χ2v) is 8.03. The molecule has 2 aromatic rings. The summed E-state index contributed by atoms with van der Waals surface area (Å²) < 4.78 is 43.2. The van der Waals surface area contributed by atoms with Crippen LogP contribution in [0.25, 0.3) is 0 Å². The van der Waals surface area contributed by atoms with Gasteiger partial charge in [-0.05, 0) is 30.7 Å². The molecule has 0 aliphatic heterocycles. The Morgan fingerprint density at radius 1 is 1.28 bits per heavy atom. The van der Waals surface area contributed by atoms with E-state index in [2.05, 4.69) is 0 Å². The van der Waals surface area contributed by atoms with Crippen LogP contribution in [0.5, 0.6) is 11.5 Å². The van der Waals surface area contributed by atoms with Crippen LogP contribution in [0.3, 0.4) is 0 Å². The number of benzene rings is 2. The van der Waals surface area contributed by atoms with Crippen molar-refractivity contribution in [3.63, 3.8) is 0 Å². The van der Waals surface area contributed by atoms with E-state index in [1.807, 2.05) is 6.07 Å². The first kappa shape index (κ1) is 17.1. The number of carbonyl (C=O) groups is 1. The summed E-state index contributed by atoms with van der Waals surface area (Å²) in [6.07, 6.45) is 1.39. The fourth-order valence-corrected chi connectivity index (χ4v) is 3.85. The molecule has 3 rings (SSSR count). The highest BCUT2D eigenvalue weighted by molar-refractivity contribution is 7.90. The van der Waals surface area contributed by atoms with Gasteiger partial charge in [-0.2, -0.15) is 5.26 Å². The predicted octanol–water partition coefficient (Wildman–Crippen LogP) is 3.27. The van der Waals surface area contributed by atoms with Gasteiger partial charge in [0.15, 0.2) is 15.6 Å². The highest BCUT2D eigenvalue weighted by Crippen LogP contribution is 2.39. The quantitative estimate of drug-likeness (QED) is 0.840. The fourth-order valence-electron chi connectivity index (χ4n) is 2.94. The molecule has 0 amide bonds. The molecule has 0 heterocycles. The van der Waals surface area contributed by atoms with Crippen molar-refractivity contribution in [2.24, 2.45) is 5.92 Å². The molecule has 0 aromatic heterocycles. The van der Waals surface area contributed by atoms with Crippen LogP contribution in [0.2, 0.25) is 0 Å². The van der Waals surface area contributed by atoms with Gasteiger partial charge in [-0.1, -0.05) is 6.92 Å². The number of rotatable bonds is 3. The lowest BCUT2D eigenvalue weighted by Gasteiger charge is -2.13. The summed E-state index contributed by atoms with van der Waals surface area (Å²) in [4.78, 5) is 12.4. The van der Waals surface area contributed by atoms with E-state index in [0.717, 1.165) is 18.4 Å². The van der Waals surface area contributed by atoms with Crippen LogP contribution in [0.4, 0.5) is 4.39 Å². The van der Waals surface area contributed by atoms with Crippen LogP contribution in [-0.2, 0) is 16.3 Å². The van der Waals surface area contributed by atoms with Crippen molar-refractivity contribution in [1.82, 2.24) is 0 Å². The zero-order valence-corrected chi connectivity index (χ0v) is 14.4. The Labute approximate surface area is 144 Å². The summed E-state index contributed by atoms with van der Waals surface area (Å²) in [5, 5.41) is 8.92. The van der Waals surface area contributed by atoms with Crippen LogP contribution in [0.1, 0.15) is 28.4 Å². The van der Waals surface area contributed by atoms with Crippen LogP contribution >= 0.6 is 0 Å². The Hall–Kier alpha value is -2.72. The molecule has 0 radical (unpaired) electrons. The molecule has 1 aliphatic rings. The minimum absolute atomic E-state index is 0.0267. The normalized spacial score (nSPS) is 16.4.